The smallest absolute Gasteiger partial charge is 0.240 e. The lowest BCUT2D eigenvalue weighted by Crippen LogP contribution is -2.16. The number of benzene rings is 2. The Balaban J connectivity index is 1.53. The minimum atomic E-state index is 0.00686. The van der Waals surface area contributed by atoms with Gasteiger partial charge in [0.1, 0.15) is 0 Å². The number of carbonyl (C=O) groups is 1. The molecule has 0 heterocycles. The zero-order valence-corrected chi connectivity index (χ0v) is 17.5. The zero-order chi connectivity index (χ0) is 19.9. The third kappa shape index (κ3) is 8.69. The lowest BCUT2D eigenvalue weighted by atomic mass is 10.1. The van der Waals surface area contributed by atoms with Crippen molar-refractivity contribution in [2.75, 3.05) is 0 Å². The highest BCUT2D eigenvalue weighted by molar-refractivity contribution is 5.99. The highest BCUT2D eigenvalue weighted by Gasteiger charge is 2.01. The Hall–Kier alpha value is -2.16. The summed E-state index contributed by atoms with van der Waals surface area (Å²) in [6.45, 7) is 2.26. The van der Waals surface area contributed by atoms with Gasteiger partial charge in [-0.1, -0.05) is 114 Å². The molecule has 0 aliphatic rings. The van der Waals surface area contributed by atoms with Gasteiger partial charge in [0.05, 0.1) is 6.21 Å². The predicted octanol–water partition coefficient (Wildman–Crippen LogP) is 6.99. The highest BCUT2D eigenvalue weighted by atomic mass is 16.2. The lowest BCUT2D eigenvalue weighted by molar-refractivity contribution is -0.121. The maximum Gasteiger partial charge on any atom is 0.240 e. The normalized spacial score (nSPS) is 11.3. The Morgan fingerprint density at radius 2 is 1.43 bits per heavy atom. The monoisotopic (exact) mass is 380 g/mol. The van der Waals surface area contributed by atoms with Crippen LogP contribution in [0.4, 0.5) is 0 Å². The quantitative estimate of drug-likeness (QED) is 0.214. The number of amides is 1. The molecular formula is C25H36N2O. The van der Waals surface area contributed by atoms with Gasteiger partial charge in [-0.2, -0.15) is 5.10 Å². The van der Waals surface area contributed by atoms with Gasteiger partial charge >= 0.3 is 0 Å². The first-order valence-corrected chi connectivity index (χ1v) is 11.1. The standard InChI is InChI=1S/C25H36N2O/c1-2-3-4-5-6-7-8-9-10-11-12-20-25(28)27-26-21-23-18-15-17-22-16-13-14-19-24(22)23/h13-19,21H,2-12,20H2,1H3,(H,27,28). The first kappa shape index (κ1) is 22.1. The van der Waals surface area contributed by atoms with Gasteiger partial charge in [-0.3, -0.25) is 4.79 Å². The van der Waals surface area contributed by atoms with Crippen LogP contribution >= 0.6 is 0 Å². The Morgan fingerprint density at radius 3 is 2.14 bits per heavy atom. The molecule has 2 rings (SSSR count). The van der Waals surface area contributed by atoms with Crippen LogP contribution in [0, 0.1) is 0 Å². The van der Waals surface area contributed by atoms with Gasteiger partial charge in [0, 0.05) is 12.0 Å². The number of nitrogens with zero attached hydrogens (tertiary/aromatic N) is 1. The van der Waals surface area contributed by atoms with Crippen LogP contribution in [0.3, 0.4) is 0 Å². The van der Waals surface area contributed by atoms with E-state index in [1.54, 1.807) is 6.21 Å². The minimum Gasteiger partial charge on any atom is -0.273 e. The summed E-state index contributed by atoms with van der Waals surface area (Å²) >= 11 is 0. The topological polar surface area (TPSA) is 41.5 Å². The number of hydrogen-bond donors (Lipinski definition) is 1. The van der Waals surface area contributed by atoms with Crippen LogP contribution in [-0.4, -0.2) is 12.1 Å². The van der Waals surface area contributed by atoms with E-state index in [9.17, 15) is 4.79 Å². The maximum absolute atomic E-state index is 11.9. The van der Waals surface area contributed by atoms with Crippen LogP contribution in [0.5, 0.6) is 0 Å². The van der Waals surface area contributed by atoms with Crippen molar-refractivity contribution in [2.45, 2.75) is 84.0 Å². The van der Waals surface area contributed by atoms with E-state index in [0.29, 0.717) is 6.42 Å². The molecule has 1 N–H and O–H groups in total. The fraction of sp³-hybridized carbons (Fsp3) is 0.520. The van der Waals surface area contributed by atoms with Crippen molar-refractivity contribution in [2.24, 2.45) is 5.10 Å². The molecule has 0 spiro atoms. The number of rotatable bonds is 14. The fourth-order valence-corrected chi connectivity index (χ4v) is 3.54. The van der Waals surface area contributed by atoms with E-state index in [1.165, 1.54) is 63.2 Å². The fourth-order valence-electron chi connectivity index (χ4n) is 3.54. The van der Waals surface area contributed by atoms with Gasteiger partial charge in [0.15, 0.2) is 0 Å². The first-order valence-electron chi connectivity index (χ1n) is 11.1. The molecular weight excluding hydrogens is 344 g/mol. The van der Waals surface area contributed by atoms with Crippen molar-refractivity contribution in [3.05, 3.63) is 48.0 Å². The number of carbonyl (C=O) groups excluding carboxylic acids is 1. The molecule has 0 saturated heterocycles. The number of nitrogens with one attached hydrogen (secondary N) is 1. The number of fused-ring (bicyclic) bond motifs is 1. The number of hydrogen-bond acceptors (Lipinski definition) is 2. The van der Waals surface area contributed by atoms with E-state index in [2.05, 4.69) is 35.7 Å². The summed E-state index contributed by atoms with van der Waals surface area (Å²) < 4.78 is 0. The summed E-state index contributed by atoms with van der Waals surface area (Å²) in [6, 6.07) is 14.3. The van der Waals surface area contributed by atoms with Crippen molar-refractivity contribution >= 4 is 22.9 Å². The average Bonchev–Trinajstić information content (AvgIpc) is 2.72. The van der Waals surface area contributed by atoms with Crippen LogP contribution in [0.2, 0.25) is 0 Å². The zero-order valence-electron chi connectivity index (χ0n) is 17.5. The summed E-state index contributed by atoms with van der Waals surface area (Å²) in [4.78, 5) is 11.9. The first-order chi connectivity index (χ1) is 13.8. The second kappa shape index (κ2) is 13.9. The highest BCUT2D eigenvalue weighted by Crippen LogP contribution is 2.16. The predicted molar refractivity (Wildman–Crippen MR) is 121 cm³/mol. The van der Waals surface area contributed by atoms with Gasteiger partial charge in [-0.05, 0) is 17.2 Å². The molecule has 0 saturated carbocycles. The summed E-state index contributed by atoms with van der Waals surface area (Å²) in [7, 11) is 0. The van der Waals surface area contributed by atoms with Crippen molar-refractivity contribution in [1.29, 1.82) is 0 Å². The summed E-state index contributed by atoms with van der Waals surface area (Å²) in [6.07, 6.45) is 16.5. The molecule has 2 aromatic carbocycles. The van der Waals surface area contributed by atoms with Crippen LogP contribution < -0.4 is 5.43 Å². The molecule has 0 bridgehead atoms. The second-order valence-electron chi connectivity index (χ2n) is 7.65. The van der Waals surface area contributed by atoms with E-state index in [1.807, 2.05) is 24.3 Å². The molecule has 0 unspecified atom stereocenters. The van der Waals surface area contributed by atoms with Crippen molar-refractivity contribution in [3.63, 3.8) is 0 Å². The second-order valence-corrected chi connectivity index (χ2v) is 7.65. The molecule has 0 aliphatic heterocycles. The van der Waals surface area contributed by atoms with Gasteiger partial charge in [0.2, 0.25) is 5.91 Å². The lowest BCUT2D eigenvalue weighted by Gasteiger charge is -2.03. The Bertz CT molecular complexity index is 718. The molecule has 2 aromatic rings. The van der Waals surface area contributed by atoms with Crippen molar-refractivity contribution in [1.82, 2.24) is 5.43 Å². The SMILES string of the molecule is CCCCCCCCCCCCCC(=O)NN=Cc1cccc2ccccc12. The number of hydrazone groups is 1. The van der Waals surface area contributed by atoms with Crippen LogP contribution in [0.1, 0.15) is 89.5 Å². The molecule has 0 fully saturated rings. The van der Waals surface area contributed by atoms with Crippen LogP contribution in [-0.2, 0) is 4.79 Å². The molecule has 3 heteroatoms. The van der Waals surface area contributed by atoms with E-state index >= 15 is 0 Å². The number of unbranched alkanes of at least 4 members (excludes halogenated alkanes) is 10. The molecule has 0 radical (unpaired) electrons. The van der Waals surface area contributed by atoms with E-state index in [4.69, 9.17) is 0 Å². The molecule has 28 heavy (non-hydrogen) atoms. The summed E-state index contributed by atoms with van der Waals surface area (Å²) in [5.41, 5.74) is 3.68. The molecule has 0 aliphatic carbocycles. The van der Waals surface area contributed by atoms with Crippen LogP contribution in [0.25, 0.3) is 10.8 Å². The molecule has 0 atom stereocenters. The molecule has 1 amide bonds. The third-order valence-electron chi connectivity index (χ3n) is 5.22. The van der Waals surface area contributed by atoms with Crippen LogP contribution in [0.15, 0.2) is 47.6 Å². The molecule has 152 valence electrons. The third-order valence-corrected chi connectivity index (χ3v) is 5.22. The minimum absolute atomic E-state index is 0.00686. The Kier molecular flexibility index (Phi) is 11.0. The average molecular weight is 381 g/mol. The molecule has 0 aromatic heterocycles. The Morgan fingerprint density at radius 1 is 0.821 bits per heavy atom. The van der Waals surface area contributed by atoms with Gasteiger partial charge in [-0.15, -0.1) is 0 Å². The summed E-state index contributed by atoms with van der Waals surface area (Å²) in [5.74, 6) is 0.00686. The van der Waals surface area contributed by atoms with E-state index in [-0.39, 0.29) is 5.91 Å². The molecule has 3 nitrogen and oxygen atoms in total. The van der Waals surface area contributed by atoms with Crippen molar-refractivity contribution in [3.8, 4) is 0 Å². The largest absolute Gasteiger partial charge is 0.273 e. The maximum atomic E-state index is 11.9. The van der Waals surface area contributed by atoms with Crippen molar-refractivity contribution < 1.29 is 4.79 Å². The van der Waals surface area contributed by atoms with E-state index < -0.39 is 0 Å². The van der Waals surface area contributed by atoms with Gasteiger partial charge < -0.3 is 0 Å². The van der Waals surface area contributed by atoms with E-state index in [0.717, 1.165) is 23.8 Å². The Labute approximate surface area is 170 Å². The van der Waals surface area contributed by atoms with Gasteiger partial charge in [0.25, 0.3) is 0 Å². The summed E-state index contributed by atoms with van der Waals surface area (Å²) in [5, 5.41) is 6.46. The van der Waals surface area contributed by atoms with Gasteiger partial charge in [-0.25, -0.2) is 5.43 Å².